The van der Waals surface area contributed by atoms with Crippen molar-refractivity contribution in [1.29, 1.82) is 5.26 Å². The summed E-state index contributed by atoms with van der Waals surface area (Å²) in [6, 6.07) is 30.2. The quantitative estimate of drug-likeness (QED) is 0.334. The van der Waals surface area contributed by atoms with Crippen LogP contribution in [0.3, 0.4) is 0 Å². The zero-order valence-electron chi connectivity index (χ0n) is 15.9. The van der Waals surface area contributed by atoms with Crippen molar-refractivity contribution in [1.82, 2.24) is 14.8 Å². The Bertz CT molecular complexity index is 1360. The van der Waals surface area contributed by atoms with E-state index in [4.69, 9.17) is 5.10 Å². The van der Waals surface area contributed by atoms with E-state index in [-0.39, 0.29) is 0 Å². The normalized spacial score (nSPS) is 11.5. The van der Waals surface area contributed by atoms with Gasteiger partial charge >= 0.3 is 0 Å². The Labute approximate surface area is 178 Å². The number of hydrogen-bond acceptors (Lipinski definition) is 4. The van der Waals surface area contributed by atoms with Gasteiger partial charge < -0.3 is 0 Å². The summed E-state index contributed by atoms with van der Waals surface area (Å²) in [5, 5.41) is 15.4. The van der Waals surface area contributed by atoms with Crippen LogP contribution in [0.2, 0.25) is 0 Å². The molecule has 5 rings (SSSR count). The Morgan fingerprint density at radius 2 is 1.60 bits per heavy atom. The molecule has 0 aliphatic heterocycles. The molecule has 0 saturated heterocycles. The first-order chi connectivity index (χ1) is 14.8. The van der Waals surface area contributed by atoms with Gasteiger partial charge in [-0.3, -0.25) is 0 Å². The van der Waals surface area contributed by atoms with Crippen LogP contribution in [-0.4, -0.2) is 14.8 Å². The van der Waals surface area contributed by atoms with Gasteiger partial charge in [-0.25, -0.2) is 9.67 Å². The van der Waals surface area contributed by atoms with Crippen LogP contribution in [0.4, 0.5) is 0 Å². The lowest BCUT2D eigenvalue weighted by atomic mass is 10.1. The topological polar surface area (TPSA) is 54.5 Å². The molecule has 3 aromatic carbocycles. The van der Waals surface area contributed by atoms with E-state index in [1.165, 1.54) is 11.3 Å². The zero-order chi connectivity index (χ0) is 20.3. The van der Waals surface area contributed by atoms with E-state index in [0.29, 0.717) is 10.6 Å². The minimum Gasteiger partial charge on any atom is -0.240 e. The molecule has 5 aromatic rings. The first-order valence-corrected chi connectivity index (χ1v) is 10.3. The predicted octanol–water partition coefficient (Wildman–Crippen LogP) is 6.21. The molecule has 0 aliphatic rings. The van der Waals surface area contributed by atoms with Crippen molar-refractivity contribution in [3.8, 4) is 23.0 Å². The molecule has 0 fully saturated rings. The van der Waals surface area contributed by atoms with Gasteiger partial charge in [0, 0.05) is 17.3 Å². The maximum Gasteiger partial charge on any atom is 0.135 e. The second-order valence-corrected chi connectivity index (χ2v) is 7.77. The highest BCUT2D eigenvalue weighted by Crippen LogP contribution is 2.31. The number of fused-ring (bicyclic) bond motifs is 1. The van der Waals surface area contributed by atoms with Gasteiger partial charge in [0.15, 0.2) is 0 Å². The van der Waals surface area contributed by atoms with Gasteiger partial charge in [-0.1, -0.05) is 60.7 Å². The number of allylic oxidation sites excluding steroid dienone is 1. The van der Waals surface area contributed by atoms with Gasteiger partial charge in [0.25, 0.3) is 0 Å². The predicted molar refractivity (Wildman–Crippen MR) is 122 cm³/mol. The van der Waals surface area contributed by atoms with Crippen molar-refractivity contribution in [3.05, 3.63) is 102 Å². The van der Waals surface area contributed by atoms with Crippen LogP contribution in [0, 0.1) is 11.3 Å². The fourth-order valence-corrected chi connectivity index (χ4v) is 4.24. The van der Waals surface area contributed by atoms with Crippen LogP contribution in [0.1, 0.15) is 10.6 Å². The smallest absolute Gasteiger partial charge is 0.135 e. The molecule has 0 unspecified atom stereocenters. The van der Waals surface area contributed by atoms with Crippen molar-refractivity contribution < 1.29 is 0 Å². The highest BCUT2D eigenvalue weighted by atomic mass is 32.1. The third kappa shape index (κ3) is 3.41. The van der Waals surface area contributed by atoms with E-state index in [1.54, 1.807) is 0 Å². The Balaban J connectivity index is 1.66. The molecule has 4 nitrogen and oxygen atoms in total. The summed E-state index contributed by atoms with van der Waals surface area (Å²) in [5.41, 5.74) is 5.10. The molecule has 0 spiro atoms. The lowest BCUT2D eigenvalue weighted by molar-refractivity contribution is 0.884. The van der Waals surface area contributed by atoms with Crippen molar-refractivity contribution in [3.63, 3.8) is 0 Å². The molecule has 0 N–H and O–H groups in total. The summed E-state index contributed by atoms with van der Waals surface area (Å²) in [6.07, 6.45) is 3.84. The van der Waals surface area contributed by atoms with Crippen molar-refractivity contribution >= 4 is 33.2 Å². The highest BCUT2D eigenvalue weighted by Gasteiger charge is 2.14. The van der Waals surface area contributed by atoms with Gasteiger partial charge in [-0.2, -0.15) is 10.4 Å². The number of rotatable bonds is 4. The Morgan fingerprint density at radius 3 is 2.33 bits per heavy atom. The molecular weight excluding hydrogens is 388 g/mol. The number of aromatic nitrogens is 3. The lowest BCUT2D eigenvalue weighted by Gasteiger charge is -2.00. The molecule has 30 heavy (non-hydrogen) atoms. The molecule has 5 heteroatoms. The number of benzene rings is 3. The van der Waals surface area contributed by atoms with Crippen LogP contribution < -0.4 is 0 Å². The maximum absolute atomic E-state index is 9.87. The van der Waals surface area contributed by atoms with E-state index in [9.17, 15) is 5.26 Å². The average Bonchev–Trinajstić information content (AvgIpc) is 3.43. The number of para-hydroxylation sites is 2. The second kappa shape index (κ2) is 7.78. The first-order valence-electron chi connectivity index (χ1n) is 9.50. The third-order valence-corrected chi connectivity index (χ3v) is 5.82. The zero-order valence-corrected chi connectivity index (χ0v) is 16.8. The van der Waals surface area contributed by atoms with Gasteiger partial charge in [0.1, 0.15) is 11.1 Å². The lowest BCUT2D eigenvalue weighted by Crippen LogP contribution is -1.93. The molecule has 2 heterocycles. The van der Waals surface area contributed by atoms with Crippen molar-refractivity contribution in [2.24, 2.45) is 0 Å². The number of nitriles is 1. The standard InChI is InChI=1S/C25H16N4S/c26-16-19(25-27-22-13-7-8-14-23(22)30-25)15-20-17-29(21-11-5-2-6-12-21)28-24(20)18-9-3-1-4-10-18/h1-15,17H. The van der Waals surface area contributed by atoms with Gasteiger partial charge in [-0.05, 0) is 30.3 Å². The van der Waals surface area contributed by atoms with Crippen LogP contribution in [0.15, 0.2) is 91.1 Å². The van der Waals surface area contributed by atoms with E-state index in [1.807, 2.05) is 102 Å². The minimum atomic E-state index is 0.529. The number of thiazole rings is 1. The Morgan fingerprint density at radius 1 is 0.900 bits per heavy atom. The monoisotopic (exact) mass is 404 g/mol. The van der Waals surface area contributed by atoms with Crippen LogP contribution >= 0.6 is 11.3 Å². The molecular formula is C25H16N4S. The van der Waals surface area contributed by atoms with E-state index in [2.05, 4.69) is 11.1 Å². The maximum atomic E-state index is 9.87. The molecule has 0 amide bonds. The largest absolute Gasteiger partial charge is 0.240 e. The summed E-state index contributed by atoms with van der Waals surface area (Å²) >= 11 is 1.52. The summed E-state index contributed by atoms with van der Waals surface area (Å²) in [5.74, 6) is 0. The third-order valence-electron chi connectivity index (χ3n) is 4.76. The average molecular weight is 404 g/mol. The van der Waals surface area contributed by atoms with Crippen LogP contribution in [0.25, 0.3) is 38.8 Å². The highest BCUT2D eigenvalue weighted by molar-refractivity contribution is 7.19. The number of hydrogen-bond donors (Lipinski definition) is 0. The molecule has 0 radical (unpaired) electrons. The molecule has 0 atom stereocenters. The van der Waals surface area contributed by atoms with Crippen LogP contribution in [0.5, 0.6) is 0 Å². The van der Waals surface area contributed by atoms with Gasteiger partial charge in [0.2, 0.25) is 0 Å². The summed E-state index contributed by atoms with van der Waals surface area (Å²) in [6.45, 7) is 0. The Kier molecular flexibility index (Phi) is 4.68. The van der Waals surface area contributed by atoms with Gasteiger partial charge in [0.05, 0.1) is 27.2 Å². The summed E-state index contributed by atoms with van der Waals surface area (Å²) < 4.78 is 2.92. The minimum absolute atomic E-state index is 0.529. The van der Waals surface area contributed by atoms with Crippen molar-refractivity contribution in [2.75, 3.05) is 0 Å². The van der Waals surface area contributed by atoms with Crippen molar-refractivity contribution in [2.45, 2.75) is 0 Å². The second-order valence-electron chi connectivity index (χ2n) is 6.74. The first kappa shape index (κ1) is 18.0. The van der Waals surface area contributed by atoms with E-state index >= 15 is 0 Å². The molecule has 0 aliphatic carbocycles. The fourth-order valence-electron chi connectivity index (χ4n) is 3.31. The Hall–Kier alpha value is -4.01. The SMILES string of the molecule is N#CC(=Cc1cn(-c2ccccc2)nc1-c1ccccc1)c1nc2ccccc2s1. The van der Waals surface area contributed by atoms with E-state index in [0.717, 1.165) is 32.7 Å². The molecule has 0 saturated carbocycles. The summed E-state index contributed by atoms with van der Waals surface area (Å²) in [4.78, 5) is 4.65. The molecule has 142 valence electrons. The molecule has 0 bridgehead atoms. The number of nitrogens with zero attached hydrogens (tertiary/aromatic N) is 4. The summed E-state index contributed by atoms with van der Waals surface area (Å²) in [7, 11) is 0. The molecule has 2 aromatic heterocycles. The van der Waals surface area contributed by atoms with Crippen LogP contribution in [-0.2, 0) is 0 Å². The van der Waals surface area contributed by atoms with E-state index < -0.39 is 0 Å². The fraction of sp³-hybridized carbons (Fsp3) is 0. The van der Waals surface area contributed by atoms with Gasteiger partial charge in [-0.15, -0.1) is 11.3 Å².